The molecule has 26 heavy (non-hydrogen) atoms. The van der Waals surface area contributed by atoms with Crippen molar-refractivity contribution in [2.24, 2.45) is 5.73 Å². The summed E-state index contributed by atoms with van der Waals surface area (Å²) < 4.78 is 40.9. The molecule has 2 N–H and O–H groups in total. The Balaban J connectivity index is 2.74. The minimum absolute atomic E-state index is 0.0105. The minimum atomic E-state index is -3.09. The Kier molecular flexibility index (Phi) is 6.21. The average Bonchev–Trinajstić information content (AvgIpc) is 2.54. The van der Waals surface area contributed by atoms with Gasteiger partial charge in [0.15, 0.2) is 0 Å². The lowest BCUT2D eigenvalue weighted by atomic mass is 9.82. The van der Waals surface area contributed by atoms with E-state index >= 15 is 0 Å². The SMILES string of the molecule is CCOC(=O)C1=C(C)OC(N)=C(C#N)C1c1c(Br)cccc1OC(F)F. The van der Waals surface area contributed by atoms with Crippen molar-refractivity contribution in [3.05, 3.63) is 51.0 Å². The Labute approximate surface area is 156 Å². The maximum absolute atomic E-state index is 12.8. The molecule has 1 atom stereocenters. The zero-order chi connectivity index (χ0) is 19.4. The molecule has 0 aliphatic carbocycles. The number of carbonyl (C=O) groups excluding carboxylic acids is 1. The maximum Gasteiger partial charge on any atom is 0.387 e. The van der Waals surface area contributed by atoms with Crippen molar-refractivity contribution >= 4 is 21.9 Å². The number of hydrogen-bond donors (Lipinski definition) is 1. The van der Waals surface area contributed by atoms with Gasteiger partial charge in [0.05, 0.1) is 18.1 Å². The van der Waals surface area contributed by atoms with Gasteiger partial charge in [0.1, 0.15) is 23.2 Å². The van der Waals surface area contributed by atoms with Crippen molar-refractivity contribution in [2.45, 2.75) is 26.4 Å². The number of carbonyl (C=O) groups is 1. The number of allylic oxidation sites excluding steroid dienone is 2. The summed E-state index contributed by atoms with van der Waals surface area (Å²) in [6, 6.07) is 6.26. The second-order valence-electron chi connectivity index (χ2n) is 5.15. The molecule has 0 spiro atoms. The molecule has 0 fully saturated rings. The van der Waals surface area contributed by atoms with Crippen LogP contribution in [-0.2, 0) is 14.3 Å². The van der Waals surface area contributed by atoms with Gasteiger partial charge >= 0.3 is 12.6 Å². The van der Waals surface area contributed by atoms with Crippen molar-refractivity contribution < 1.29 is 27.8 Å². The highest BCUT2D eigenvalue weighted by Crippen LogP contribution is 2.46. The molecule has 0 saturated heterocycles. The van der Waals surface area contributed by atoms with Crippen LogP contribution in [0.2, 0.25) is 0 Å². The second kappa shape index (κ2) is 8.19. The van der Waals surface area contributed by atoms with Crippen LogP contribution in [-0.4, -0.2) is 19.2 Å². The topological polar surface area (TPSA) is 94.6 Å². The van der Waals surface area contributed by atoms with Gasteiger partial charge in [-0.05, 0) is 26.0 Å². The number of ether oxygens (including phenoxy) is 3. The predicted octanol–water partition coefficient (Wildman–Crippen LogP) is 3.70. The van der Waals surface area contributed by atoms with Gasteiger partial charge in [-0.3, -0.25) is 0 Å². The summed E-state index contributed by atoms with van der Waals surface area (Å²) in [6.07, 6.45) is 0. The van der Waals surface area contributed by atoms with Crippen LogP contribution in [0.4, 0.5) is 8.78 Å². The number of nitrogens with zero attached hydrogens (tertiary/aromatic N) is 1. The smallest absolute Gasteiger partial charge is 0.387 e. The van der Waals surface area contributed by atoms with E-state index in [0.29, 0.717) is 4.47 Å². The average molecular weight is 429 g/mol. The molecule has 0 bridgehead atoms. The normalized spacial score (nSPS) is 17.0. The molecule has 6 nitrogen and oxygen atoms in total. The molecule has 1 aromatic carbocycles. The third-order valence-electron chi connectivity index (χ3n) is 3.62. The summed E-state index contributed by atoms with van der Waals surface area (Å²) in [6.45, 7) is 0.0850. The van der Waals surface area contributed by atoms with E-state index in [1.807, 2.05) is 6.07 Å². The Morgan fingerprint density at radius 2 is 2.19 bits per heavy atom. The van der Waals surface area contributed by atoms with Crippen molar-refractivity contribution in [2.75, 3.05) is 6.61 Å². The number of hydrogen-bond acceptors (Lipinski definition) is 6. The monoisotopic (exact) mass is 428 g/mol. The summed E-state index contributed by atoms with van der Waals surface area (Å²) in [5, 5.41) is 9.53. The molecule has 0 radical (unpaired) electrons. The van der Waals surface area contributed by atoms with Crippen LogP contribution in [0.5, 0.6) is 5.75 Å². The van der Waals surface area contributed by atoms with Gasteiger partial charge < -0.3 is 19.9 Å². The molecule has 138 valence electrons. The van der Waals surface area contributed by atoms with Gasteiger partial charge in [0.25, 0.3) is 0 Å². The first-order valence-electron chi connectivity index (χ1n) is 7.50. The molecule has 1 aliphatic rings. The van der Waals surface area contributed by atoms with Crippen LogP contribution in [0, 0.1) is 11.3 Å². The zero-order valence-corrected chi connectivity index (χ0v) is 15.5. The Hall–Kier alpha value is -2.60. The van der Waals surface area contributed by atoms with Gasteiger partial charge in [0.2, 0.25) is 5.88 Å². The van der Waals surface area contributed by atoms with E-state index in [2.05, 4.69) is 20.7 Å². The van der Waals surface area contributed by atoms with Crippen LogP contribution in [0.3, 0.4) is 0 Å². The van der Waals surface area contributed by atoms with Gasteiger partial charge in [-0.1, -0.05) is 22.0 Å². The third kappa shape index (κ3) is 3.80. The van der Waals surface area contributed by atoms with E-state index in [1.165, 1.54) is 19.1 Å². The van der Waals surface area contributed by atoms with Crippen LogP contribution in [0.1, 0.15) is 25.3 Å². The van der Waals surface area contributed by atoms with E-state index in [4.69, 9.17) is 15.2 Å². The van der Waals surface area contributed by atoms with Crippen LogP contribution in [0.25, 0.3) is 0 Å². The molecular formula is C17H15BrF2N2O4. The Morgan fingerprint density at radius 1 is 1.50 bits per heavy atom. The maximum atomic E-state index is 12.8. The number of nitrogens with two attached hydrogens (primary N) is 1. The quantitative estimate of drug-likeness (QED) is 0.718. The number of halogens is 3. The highest BCUT2D eigenvalue weighted by Gasteiger charge is 2.39. The van der Waals surface area contributed by atoms with E-state index in [1.54, 1.807) is 13.0 Å². The van der Waals surface area contributed by atoms with Gasteiger partial charge in [-0.25, -0.2) is 4.79 Å². The van der Waals surface area contributed by atoms with Crippen molar-refractivity contribution in [3.8, 4) is 11.8 Å². The van der Waals surface area contributed by atoms with E-state index < -0.39 is 18.5 Å². The van der Waals surface area contributed by atoms with Crippen LogP contribution >= 0.6 is 15.9 Å². The number of alkyl halides is 2. The first-order chi connectivity index (χ1) is 12.3. The standard InChI is InChI=1S/C17H15BrF2N2O4/c1-3-24-16(23)12-8(2)25-15(22)9(7-21)13(12)14-10(18)5-4-6-11(14)26-17(19)20/h4-6,13,17H,3,22H2,1-2H3. The van der Waals surface area contributed by atoms with Gasteiger partial charge in [-0.2, -0.15) is 14.0 Å². The summed E-state index contributed by atoms with van der Waals surface area (Å²) >= 11 is 3.27. The molecule has 0 amide bonds. The minimum Gasteiger partial charge on any atom is -0.463 e. The van der Waals surface area contributed by atoms with E-state index in [0.717, 1.165) is 0 Å². The zero-order valence-electron chi connectivity index (χ0n) is 13.9. The fraction of sp³-hybridized carbons (Fsp3) is 0.294. The number of rotatable bonds is 5. The predicted molar refractivity (Wildman–Crippen MR) is 90.8 cm³/mol. The first-order valence-corrected chi connectivity index (χ1v) is 8.29. The summed E-state index contributed by atoms with van der Waals surface area (Å²) in [5.74, 6) is -2.13. The highest BCUT2D eigenvalue weighted by molar-refractivity contribution is 9.10. The molecule has 0 saturated carbocycles. The third-order valence-corrected chi connectivity index (χ3v) is 4.31. The van der Waals surface area contributed by atoms with Crippen LogP contribution in [0.15, 0.2) is 45.5 Å². The number of esters is 1. The van der Waals surface area contributed by atoms with Crippen molar-refractivity contribution in [3.63, 3.8) is 0 Å². The summed E-state index contributed by atoms with van der Waals surface area (Å²) in [4.78, 5) is 12.5. The molecule has 1 aliphatic heterocycles. The molecular weight excluding hydrogens is 414 g/mol. The van der Waals surface area contributed by atoms with Crippen molar-refractivity contribution in [1.82, 2.24) is 0 Å². The Bertz CT molecular complexity index is 831. The van der Waals surface area contributed by atoms with E-state index in [9.17, 15) is 18.8 Å². The van der Waals surface area contributed by atoms with Gasteiger partial charge in [0, 0.05) is 10.0 Å². The van der Waals surface area contributed by atoms with Crippen LogP contribution < -0.4 is 10.5 Å². The van der Waals surface area contributed by atoms with Crippen molar-refractivity contribution in [1.29, 1.82) is 5.26 Å². The molecule has 2 rings (SSSR count). The highest BCUT2D eigenvalue weighted by atomic mass is 79.9. The lowest BCUT2D eigenvalue weighted by molar-refractivity contribution is -0.139. The fourth-order valence-electron chi connectivity index (χ4n) is 2.64. The van der Waals surface area contributed by atoms with E-state index in [-0.39, 0.29) is 40.7 Å². The molecule has 1 unspecified atom stereocenters. The molecule has 1 aromatic rings. The largest absolute Gasteiger partial charge is 0.463 e. The lowest BCUT2D eigenvalue weighted by Crippen LogP contribution is -2.26. The first kappa shape index (κ1) is 19.7. The summed E-state index contributed by atoms with van der Waals surface area (Å²) in [7, 11) is 0. The Morgan fingerprint density at radius 3 is 2.77 bits per heavy atom. The number of benzene rings is 1. The molecule has 1 heterocycles. The van der Waals surface area contributed by atoms with Gasteiger partial charge in [-0.15, -0.1) is 0 Å². The molecule has 9 heteroatoms. The lowest BCUT2D eigenvalue weighted by Gasteiger charge is -2.28. The molecule has 0 aromatic heterocycles. The summed E-state index contributed by atoms with van der Waals surface area (Å²) in [5.41, 5.74) is 5.82. The fourth-order valence-corrected chi connectivity index (χ4v) is 3.22. The number of nitriles is 1. The second-order valence-corrected chi connectivity index (χ2v) is 6.00.